The number of hydrogen-bond donors (Lipinski definition) is 2. The molecule has 7 heteroatoms. The first-order chi connectivity index (χ1) is 9.97. The first kappa shape index (κ1) is 15.8. The number of aryl methyl sites for hydroxylation is 1. The van der Waals surface area contributed by atoms with Gasteiger partial charge in [-0.15, -0.1) is 0 Å². The number of hydrogen-bond acceptors (Lipinski definition) is 3. The van der Waals surface area contributed by atoms with E-state index in [4.69, 9.17) is 12.2 Å². The first-order valence-electron chi connectivity index (χ1n) is 5.96. The highest BCUT2D eigenvalue weighted by Gasteiger charge is 2.13. The summed E-state index contributed by atoms with van der Waals surface area (Å²) in [5.41, 5.74) is 0.832. The minimum absolute atomic E-state index is 0.0612. The van der Waals surface area contributed by atoms with Gasteiger partial charge in [-0.05, 0) is 65.5 Å². The van der Waals surface area contributed by atoms with Crippen LogP contribution in [0.3, 0.4) is 0 Å². The zero-order chi connectivity index (χ0) is 15.4. The number of aromatic nitrogens is 1. The molecule has 0 aliphatic carbocycles. The quantitative estimate of drug-likeness (QED) is 0.584. The Kier molecular flexibility index (Phi) is 5.18. The standard InChI is InChI=1S/C14H11FIN3OS/c1-8-6-9(16)7-17-12(8)18-14(21)19-13(20)10-4-2-3-5-11(10)15/h2-7H,1H3,(H2,17,18,19,20,21). The van der Waals surface area contributed by atoms with Crippen LogP contribution in [0.2, 0.25) is 0 Å². The second kappa shape index (κ2) is 6.90. The van der Waals surface area contributed by atoms with Crippen LogP contribution in [0.1, 0.15) is 15.9 Å². The minimum atomic E-state index is -0.603. The van der Waals surface area contributed by atoms with Crippen molar-refractivity contribution >= 4 is 51.6 Å². The van der Waals surface area contributed by atoms with Crippen LogP contribution in [-0.2, 0) is 0 Å². The zero-order valence-electron chi connectivity index (χ0n) is 11.0. The molecule has 2 rings (SSSR count). The Hall–Kier alpha value is -1.61. The van der Waals surface area contributed by atoms with Crippen molar-refractivity contribution in [2.45, 2.75) is 6.92 Å². The van der Waals surface area contributed by atoms with Crippen LogP contribution in [0, 0.1) is 16.3 Å². The lowest BCUT2D eigenvalue weighted by Gasteiger charge is -2.11. The molecule has 2 N–H and O–H groups in total. The van der Waals surface area contributed by atoms with E-state index < -0.39 is 11.7 Å². The molecule has 1 amide bonds. The SMILES string of the molecule is Cc1cc(I)cnc1NC(=S)NC(=O)c1ccccc1F. The predicted molar refractivity (Wildman–Crippen MR) is 91.8 cm³/mol. The molecular formula is C14H11FIN3OS. The highest BCUT2D eigenvalue weighted by Crippen LogP contribution is 2.14. The number of thiocarbonyl (C=S) groups is 1. The first-order valence-corrected chi connectivity index (χ1v) is 7.45. The topological polar surface area (TPSA) is 54.0 Å². The molecule has 0 spiro atoms. The second-order valence-corrected chi connectivity index (χ2v) is 5.86. The van der Waals surface area contributed by atoms with Crippen molar-refractivity contribution in [2.24, 2.45) is 0 Å². The van der Waals surface area contributed by atoms with Crippen molar-refractivity contribution in [3.63, 3.8) is 0 Å². The molecule has 1 aromatic heterocycles. The molecule has 2 aromatic rings. The Balaban J connectivity index is 2.05. The molecule has 21 heavy (non-hydrogen) atoms. The minimum Gasteiger partial charge on any atom is -0.317 e. The maximum atomic E-state index is 13.5. The summed E-state index contributed by atoms with van der Waals surface area (Å²) in [6.07, 6.45) is 1.68. The summed E-state index contributed by atoms with van der Waals surface area (Å²) in [5, 5.41) is 5.32. The second-order valence-electron chi connectivity index (χ2n) is 4.21. The van der Waals surface area contributed by atoms with Crippen molar-refractivity contribution in [1.82, 2.24) is 10.3 Å². The van der Waals surface area contributed by atoms with Gasteiger partial charge < -0.3 is 5.32 Å². The van der Waals surface area contributed by atoms with Gasteiger partial charge in [0.2, 0.25) is 0 Å². The predicted octanol–water partition coefficient (Wildman–Crippen LogP) is 3.26. The number of halogens is 2. The molecule has 1 heterocycles. The molecule has 4 nitrogen and oxygen atoms in total. The smallest absolute Gasteiger partial charge is 0.260 e. The number of amides is 1. The summed E-state index contributed by atoms with van der Waals surface area (Å²) >= 11 is 7.19. The third-order valence-electron chi connectivity index (χ3n) is 2.62. The number of benzene rings is 1. The van der Waals surface area contributed by atoms with Crippen molar-refractivity contribution < 1.29 is 9.18 Å². The maximum Gasteiger partial charge on any atom is 0.260 e. The van der Waals surface area contributed by atoms with E-state index >= 15 is 0 Å². The lowest BCUT2D eigenvalue weighted by Crippen LogP contribution is -2.35. The van der Waals surface area contributed by atoms with Crippen molar-refractivity contribution in [2.75, 3.05) is 5.32 Å². The van der Waals surface area contributed by atoms with Crippen LogP contribution in [0.15, 0.2) is 36.5 Å². The molecule has 1 aromatic carbocycles. The Bertz CT molecular complexity index is 708. The summed E-state index contributed by atoms with van der Waals surface area (Å²) in [7, 11) is 0. The van der Waals surface area contributed by atoms with Crippen LogP contribution >= 0.6 is 34.8 Å². The van der Waals surface area contributed by atoms with Gasteiger partial charge in [-0.25, -0.2) is 9.37 Å². The van der Waals surface area contributed by atoms with Crippen LogP contribution in [-0.4, -0.2) is 16.0 Å². The number of pyridine rings is 1. The number of carbonyl (C=O) groups excluding carboxylic acids is 1. The van der Waals surface area contributed by atoms with Gasteiger partial charge in [-0.3, -0.25) is 10.1 Å². The molecule has 0 unspecified atom stereocenters. The molecule has 0 radical (unpaired) electrons. The van der Waals surface area contributed by atoms with Crippen LogP contribution < -0.4 is 10.6 Å². The van der Waals surface area contributed by atoms with E-state index in [1.807, 2.05) is 13.0 Å². The van der Waals surface area contributed by atoms with Gasteiger partial charge in [0, 0.05) is 9.77 Å². The molecule has 0 aliphatic rings. The fourth-order valence-electron chi connectivity index (χ4n) is 1.63. The molecule has 0 atom stereocenters. The van der Waals surface area contributed by atoms with Crippen molar-refractivity contribution in [1.29, 1.82) is 0 Å². The third kappa shape index (κ3) is 4.18. The van der Waals surface area contributed by atoms with Gasteiger partial charge in [0.1, 0.15) is 11.6 Å². The van der Waals surface area contributed by atoms with E-state index in [9.17, 15) is 9.18 Å². The molecular weight excluding hydrogens is 404 g/mol. The Morgan fingerprint density at radius 1 is 1.38 bits per heavy atom. The number of nitrogens with one attached hydrogen (secondary N) is 2. The maximum absolute atomic E-state index is 13.5. The third-order valence-corrected chi connectivity index (χ3v) is 3.42. The molecule has 0 saturated carbocycles. The lowest BCUT2D eigenvalue weighted by atomic mass is 10.2. The van der Waals surface area contributed by atoms with Gasteiger partial charge in [0.25, 0.3) is 5.91 Å². The van der Waals surface area contributed by atoms with Crippen LogP contribution in [0.5, 0.6) is 0 Å². The van der Waals surface area contributed by atoms with E-state index in [0.29, 0.717) is 5.82 Å². The molecule has 0 saturated heterocycles. The average Bonchev–Trinajstić information content (AvgIpc) is 2.42. The monoisotopic (exact) mass is 415 g/mol. The Morgan fingerprint density at radius 2 is 2.10 bits per heavy atom. The zero-order valence-corrected chi connectivity index (χ0v) is 14.0. The Morgan fingerprint density at radius 3 is 2.76 bits per heavy atom. The van der Waals surface area contributed by atoms with Crippen LogP contribution in [0.25, 0.3) is 0 Å². The summed E-state index contributed by atoms with van der Waals surface area (Å²) < 4.78 is 14.5. The Labute approximate surface area is 140 Å². The van der Waals surface area contributed by atoms with Crippen molar-refractivity contribution in [3.05, 3.63) is 57.0 Å². The fraction of sp³-hybridized carbons (Fsp3) is 0.0714. The molecule has 0 fully saturated rings. The molecule has 108 valence electrons. The highest BCUT2D eigenvalue weighted by atomic mass is 127. The van der Waals surface area contributed by atoms with Crippen molar-refractivity contribution in [3.8, 4) is 0 Å². The van der Waals surface area contributed by atoms with Gasteiger partial charge in [-0.1, -0.05) is 12.1 Å². The summed E-state index contributed by atoms with van der Waals surface area (Å²) in [6, 6.07) is 7.63. The highest BCUT2D eigenvalue weighted by molar-refractivity contribution is 14.1. The van der Waals surface area contributed by atoms with Gasteiger partial charge in [0.05, 0.1) is 5.56 Å². The number of rotatable bonds is 2. The van der Waals surface area contributed by atoms with Gasteiger partial charge in [-0.2, -0.15) is 0 Å². The van der Waals surface area contributed by atoms with E-state index in [2.05, 4.69) is 38.2 Å². The van der Waals surface area contributed by atoms with Gasteiger partial charge >= 0.3 is 0 Å². The largest absolute Gasteiger partial charge is 0.317 e. The molecule has 0 bridgehead atoms. The number of anilines is 1. The molecule has 0 aliphatic heterocycles. The summed E-state index contributed by atoms with van der Waals surface area (Å²) in [4.78, 5) is 16.1. The fourth-order valence-corrected chi connectivity index (χ4v) is 2.42. The van der Waals surface area contributed by atoms with Gasteiger partial charge in [0.15, 0.2) is 5.11 Å². The van der Waals surface area contributed by atoms with E-state index in [1.165, 1.54) is 18.2 Å². The van der Waals surface area contributed by atoms with E-state index in [0.717, 1.165) is 9.13 Å². The van der Waals surface area contributed by atoms with E-state index in [-0.39, 0.29) is 10.7 Å². The average molecular weight is 415 g/mol. The number of nitrogens with zero attached hydrogens (tertiary/aromatic N) is 1. The van der Waals surface area contributed by atoms with E-state index in [1.54, 1.807) is 12.3 Å². The summed E-state index contributed by atoms with van der Waals surface area (Å²) in [6.45, 7) is 1.87. The summed E-state index contributed by atoms with van der Waals surface area (Å²) in [5.74, 6) is -0.649. The van der Waals surface area contributed by atoms with Crippen LogP contribution in [0.4, 0.5) is 10.2 Å². The number of carbonyl (C=O) groups is 1. The normalized spacial score (nSPS) is 10.0. The lowest BCUT2D eigenvalue weighted by molar-refractivity contribution is 0.0974.